The lowest BCUT2D eigenvalue weighted by Crippen LogP contribution is -2.42. The van der Waals surface area contributed by atoms with Gasteiger partial charge < -0.3 is 5.11 Å². The summed E-state index contributed by atoms with van der Waals surface area (Å²) in [6.45, 7) is 0. The number of aliphatic carboxylic acids is 1. The van der Waals surface area contributed by atoms with Gasteiger partial charge >= 0.3 is 5.97 Å². The molecular weight excluding hydrogens is 282 g/mol. The maximum Gasteiger partial charge on any atom is 0.308 e. The Morgan fingerprint density at radius 2 is 2.10 bits per heavy atom. The predicted molar refractivity (Wildman–Crippen MR) is 71.5 cm³/mol. The normalized spacial score (nSPS) is 24.2. The number of carboxylic acid groups (broad SMARTS) is 1. The average molecular weight is 301 g/mol. The van der Waals surface area contributed by atoms with Crippen LogP contribution in [0.25, 0.3) is 0 Å². The SMILES string of the molecule is Cn1cc(S(=O)(=O)NC2CCCCCC2C(=O)O)cn1. The highest BCUT2D eigenvalue weighted by Gasteiger charge is 2.33. The number of sulfonamides is 1. The zero-order chi connectivity index (χ0) is 14.8. The predicted octanol–water partition coefficient (Wildman–Crippen LogP) is 0.732. The fourth-order valence-electron chi connectivity index (χ4n) is 2.55. The van der Waals surface area contributed by atoms with Crippen molar-refractivity contribution in [3.05, 3.63) is 12.4 Å². The van der Waals surface area contributed by atoms with Crippen LogP contribution >= 0.6 is 0 Å². The molecule has 0 amide bonds. The molecule has 1 saturated carbocycles. The Morgan fingerprint density at radius 3 is 2.70 bits per heavy atom. The number of carbonyl (C=O) groups is 1. The minimum absolute atomic E-state index is 0.0633. The molecule has 1 aliphatic carbocycles. The maximum absolute atomic E-state index is 12.2. The summed E-state index contributed by atoms with van der Waals surface area (Å²) in [4.78, 5) is 11.4. The summed E-state index contributed by atoms with van der Waals surface area (Å²) in [5, 5.41) is 13.1. The van der Waals surface area contributed by atoms with Crippen molar-refractivity contribution >= 4 is 16.0 Å². The van der Waals surface area contributed by atoms with Gasteiger partial charge in [0.1, 0.15) is 4.90 Å². The molecule has 2 rings (SSSR count). The Hall–Kier alpha value is -1.41. The second kappa shape index (κ2) is 5.92. The highest BCUT2D eigenvalue weighted by Crippen LogP contribution is 2.25. The third kappa shape index (κ3) is 3.37. The zero-order valence-corrected chi connectivity index (χ0v) is 12.1. The van der Waals surface area contributed by atoms with Gasteiger partial charge in [0.2, 0.25) is 10.0 Å². The largest absolute Gasteiger partial charge is 0.481 e. The lowest BCUT2D eigenvalue weighted by Gasteiger charge is -2.22. The van der Waals surface area contributed by atoms with Crippen molar-refractivity contribution in [3.63, 3.8) is 0 Å². The van der Waals surface area contributed by atoms with E-state index in [1.807, 2.05) is 0 Å². The second-order valence-corrected chi connectivity index (χ2v) is 6.87. The van der Waals surface area contributed by atoms with Crippen molar-refractivity contribution in [3.8, 4) is 0 Å². The molecule has 1 aromatic rings. The van der Waals surface area contributed by atoms with E-state index in [0.29, 0.717) is 12.8 Å². The van der Waals surface area contributed by atoms with Gasteiger partial charge in [-0.05, 0) is 12.8 Å². The molecule has 0 aliphatic heterocycles. The Labute approximate surface area is 118 Å². The lowest BCUT2D eigenvalue weighted by atomic mass is 9.96. The van der Waals surface area contributed by atoms with E-state index < -0.39 is 28.0 Å². The quantitative estimate of drug-likeness (QED) is 0.798. The van der Waals surface area contributed by atoms with Gasteiger partial charge in [-0.2, -0.15) is 5.10 Å². The van der Waals surface area contributed by atoms with E-state index in [9.17, 15) is 18.3 Å². The van der Waals surface area contributed by atoms with E-state index in [0.717, 1.165) is 19.3 Å². The zero-order valence-electron chi connectivity index (χ0n) is 11.3. The first-order valence-electron chi connectivity index (χ1n) is 6.64. The summed E-state index contributed by atoms with van der Waals surface area (Å²) in [5.41, 5.74) is 0. The molecule has 8 heteroatoms. The first-order chi connectivity index (χ1) is 9.40. The van der Waals surface area contributed by atoms with Crippen molar-refractivity contribution in [2.24, 2.45) is 13.0 Å². The maximum atomic E-state index is 12.2. The number of carboxylic acids is 1. The van der Waals surface area contributed by atoms with Crippen LogP contribution in [0.4, 0.5) is 0 Å². The van der Waals surface area contributed by atoms with Crippen molar-refractivity contribution in [1.29, 1.82) is 0 Å². The first-order valence-corrected chi connectivity index (χ1v) is 8.12. The van der Waals surface area contributed by atoms with Crippen LogP contribution in [0.2, 0.25) is 0 Å². The molecule has 0 aromatic carbocycles. The molecule has 2 atom stereocenters. The van der Waals surface area contributed by atoms with Crippen molar-refractivity contribution in [2.45, 2.75) is 43.0 Å². The third-order valence-electron chi connectivity index (χ3n) is 3.63. The van der Waals surface area contributed by atoms with Gasteiger partial charge in [0.25, 0.3) is 0 Å². The van der Waals surface area contributed by atoms with Crippen LogP contribution in [-0.2, 0) is 21.9 Å². The Morgan fingerprint density at radius 1 is 1.40 bits per heavy atom. The number of rotatable bonds is 4. The molecular formula is C12H19N3O4S. The van der Waals surface area contributed by atoms with Crippen LogP contribution in [0.1, 0.15) is 32.1 Å². The molecule has 112 valence electrons. The fourth-order valence-corrected chi connectivity index (χ4v) is 3.84. The Kier molecular flexibility index (Phi) is 4.44. The summed E-state index contributed by atoms with van der Waals surface area (Å²) in [6, 6.07) is -0.555. The number of aromatic nitrogens is 2. The number of aryl methyl sites for hydroxylation is 1. The molecule has 0 saturated heterocycles. The van der Waals surface area contributed by atoms with E-state index in [1.165, 1.54) is 17.1 Å². The van der Waals surface area contributed by atoms with Gasteiger partial charge in [0.15, 0.2) is 0 Å². The van der Waals surface area contributed by atoms with Crippen molar-refractivity contribution in [1.82, 2.24) is 14.5 Å². The van der Waals surface area contributed by atoms with Gasteiger partial charge in [-0.25, -0.2) is 13.1 Å². The van der Waals surface area contributed by atoms with Crippen LogP contribution in [-0.4, -0.2) is 35.3 Å². The van der Waals surface area contributed by atoms with E-state index in [4.69, 9.17) is 0 Å². The van der Waals surface area contributed by atoms with Gasteiger partial charge in [-0.1, -0.05) is 19.3 Å². The second-order valence-electron chi connectivity index (χ2n) is 5.16. The molecule has 1 aromatic heterocycles. The molecule has 7 nitrogen and oxygen atoms in total. The molecule has 1 heterocycles. The van der Waals surface area contributed by atoms with Crippen LogP contribution in [0.15, 0.2) is 17.3 Å². The summed E-state index contributed by atoms with van der Waals surface area (Å²) in [6.07, 6.45) is 6.32. The van der Waals surface area contributed by atoms with Gasteiger partial charge in [0.05, 0.1) is 12.1 Å². The standard InChI is InChI=1S/C12H19N3O4S/c1-15-8-9(7-13-15)20(18,19)14-11-6-4-2-3-5-10(11)12(16)17/h7-8,10-11,14H,2-6H2,1H3,(H,16,17). The molecule has 2 unspecified atom stereocenters. The summed E-state index contributed by atoms with van der Waals surface area (Å²) in [7, 11) is -2.09. The molecule has 0 spiro atoms. The third-order valence-corrected chi connectivity index (χ3v) is 5.08. The number of nitrogens with one attached hydrogen (secondary N) is 1. The minimum atomic E-state index is -3.72. The number of hydrogen-bond acceptors (Lipinski definition) is 4. The topological polar surface area (TPSA) is 101 Å². The first kappa shape index (κ1) is 15.0. The smallest absolute Gasteiger partial charge is 0.308 e. The molecule has 1 fully saturated rings. The summed E-state index contributed by atoms with van der Waals surface area (Å²) in [5.74, 6) is -1.60. The van der Waals surface area contributed by atoms with Gasteiger partial charge in [0, 0.05) is 19.3 Å². The molecule has 0 bridgehead atoms. The van der Waals surface area contributed by atoms with Gasteiger partial charge in [-0.3, -0.25) is 9.48 Å². The monoisotopic (exact) mass is 301 g/mol. The number of nitrogens with zero attached hydrogens (tertiary/aromatic N) is 2. The average Bonchev–Trinajstić information content (AvgIpc) is 2.67. The Bertz CT molecular complexity index is 581. The van der Waals surface area contributed by atoms with E-state index >= 15 is 0 Å². The summed E-state index contributed by atoms with van der Waals surface area (Å²) >= 11 is 0. The number of hydrogen-bond donors (Lipinski definition) is 2. The molecule has 2 N–H and O–H groups in total. The molecule has 0 radical (unpaired) electrons. The van der Waals surface area contributed by atoms with Crippen molar-refractivity contribution < 1.29 is 18.3 Å². The minimum Gasteiger partial charge on any atom is -0.481 e. The highest BCUT2D eigenvalue weighted by atomic mass is 32.2. The van der Waals surface area contributed by atoms with Crippen LogP contribution < -0.4 is 4.72 Å². The molecule has 20 heavy (non-hydrogen) atoms. The van der Waals surface area contributed by atoms with E-state index in [-0.39, 0.29) is 4.90 Å². The van der Waals surface area contributed by atoms with Gasteiger partial charge in [-0.15, -0.1) is 0 Å². The Balaban J connectivity index is 2.19. The highest BCUT2D eigenvalue weighted by molar-refractivity contribution is 7.89. The van der Waals surface area contributed by atoms with E-state index in [1.54, 1.807) is 7.05 Å². The van der Waals surface area contributed by atoms with Crippen LogP contribution in [0.5, 0.6) is 0 Å². The van der Waals surface area contributed by atoms with Crippen LogP contribution in [0.3, 0.4) is 0 Å². The van der Waals surface area contributed by atoms with Crippen LogP contribution in [0, 0.1) is 5.92 Å². The fraction of sp³-hybridized carbons (Fsp3) is 0.667. The lowest BCUT2D eigenvalue weighted by molar-refractivity contribution is -0.142. The molecule has 1 aliphatic rings. The van der Waals surface area contributed by atoms with E-state index in [2.05, 4.69) is 9.82 Å². The summed E-state index contributed by atoms with van der Waals surface area (Å²) < 4.78 is 28.4. The van der Waals surface area contributed by atoms with Crippen molar-refractivity contribution in [2.75, 3.05) is 0 Å².